The maximum atomic E-state index is 12.9. The molecule has 1 aliphatic rings. The van der Waals surface area contributed by atoms with E-state index in [1.54, 1.807) is 54.6 Å². The van der Waals surface area contributed by atoms with E-state index in [2.05, 4.69) is 5.32 Å². The van der Waals surface area contributed by atoms with Crippen molar-refractivity contribution >= 4 is 15.7 Å². The minimum absolute atomic E-state index is 0.0146. The molecule has 1 fully saturated rings. The summed E-state index contributed by atoms with van der Waals surface area (Å²) in [6.07, 6.45) is 1.29. The van der Waals surface area contributed by atoms with Crippen LogP contribution in [0.3, 0.4) is 0 Å². The summed E-state index contributed by atoms with van der Waals surface area (Å²) < 4.78 is 25.7. The van der Waals surface area contributed by atoms with E-state index >= 15 is 0 Å². The molecule has 1 aliphatic carbocycles. The summed E-state index contributed by atoms with van der Waals surface area (Å²) in [5.41, 5.74) is 0.805. The van der Waals surface area contributed by atoms with Gasteiger partial charge in [-0.3, -0.25) is 4.79 Å². The Labute approximate surface area is 154 Å². The molecule has 0 radical (unpaired) electrons. The number of amides is 1. The van der Waals surface area contributed by atoms with Gasteiger partial charge in [0.2, 0.25) is 5.91 Å². The van der Waals surface area contributed by atoms with Gasteiger partial charge in [0.25, 0.3) is 0 Å². The van der Waals surface area contributed by atoms with E-state index in [0.29, 0.717) is 17.7 Å². The van der Waals surface area contributed by atoms with Crippen molar-refractivity contribution in [3.63, 3.8) is 0 Å². The predicted molar refractivity (Wildman–Crippen MR) is 99.6 cm³/mol. The molecule has 6 heteroatoms. The van der Waals surface area contributed by atoms with Crippen molar-refractivity contribution in [2.24, 2.45) is 5.92 Å². The van der Waals surface area contributed by atoms with Crippen LogP contribution in [0.2, 0.25) is 0 Å². The summed E-state index contributed by atoms with van der Waals surface area (Å²) in [5, 5.41) is 11.8. The first kappa shape index (κ1) is 18.5. The molecule has 0 saturated heterocycles. The summed E-state index contributed by atoms with van der Waals surface area (Å²) in [6.45, 7) is 1.93. The maximum absolute atomic E-state index is 12.9. The van der Waals surface area contributed by atoms with Gasteiger partial charge in [-0.25, -0.2) is 8.42 Å². The van der Waals surface area contributed by atoms with Gasteiger partial charge >= 0.3 is 0 Å². The molecule has 5 nitrogen and oxygen atoms in total. The first-order valence-electron chi connectivity index (χ1n) is 8.72. The molecule has 2 aromatic carbocycles. The molecule has 1 unspecified atom stereocenters. The lowest BCUT2D eigenvalue weighted by Gasteiger charge is -2.16. The normalized spacial score (nSPS) is 22.9. The molecule has 3 atom stereocenters. The van der Waals surface area contributed by atoms with Gasteiger partial charge in [-0.2, -0.15) is 0 Å². The van der Waals surface area contributed by atoms with Crippen LogP contribution in [0.5, 0.6) is 5.75 Å². The van der Waals surface area contributed by atoms with E-state index in [4.69, 9.17) is 0 Å². The van der Waals surface area contributed by atoms with Gasteiger partial charge in [0.1, 0.15) is 5.75 Å². The minimum atomic E-state index is -3.40. The highest BCUT2D eigenvalue weighted by molar-refractivity contribution is 7.92. The number of sulfone groups is 1. The molecule has 1 amide bonds. The van der Waals surface area contributed by atoms with Crippen molar-refractivity contribution in [1.82, 2.24) is 5.32 Å². The van der Waals surface area contributed by atoms with Crippen LogP contribution in [-0.4, -0.2) is 30.7 Å². The fourth-order valence-corrected chi connectivity index (χ4v) is 5.72. The second kappa shape index (κ2) is 7.50. The highest BCUT2D eigenvalue weighted by Gasteiger charge is 2.40. The molecule has 0 spiro atoms. The third kappa shape index (κ3) is 4.07. The molecule has 26 heavy (non-hydrogen) atoms. The summed E-state index contributed by atoms with van der Waals surface area (Å²) in [5.74, 6) is 0.0116. The number of rotatable bonds is 5. The maximum Gasteiger partial charge on any atom is 0.224 e. The number of nitrogens with one attached hydrogen (secondary N) is 1. The Balaban J connectivity index is 1.63. The number of hydrogen-bond acceptors (Lipinski definition) is 4. The zero-order chi connectivity index (χ0) is 18.7. The van der Waals surface area contributed by atoms with Crippen molar-refractivity contribution in [1.29, 1.82) is 0 Å². The third-order valence-corrected chi connectivity index (χ3v) is 7.33. The smallest absolute Gasteiger partial charge is 0.224 e. The first-order chi connectivity index (χ1) is 12.4. The number of hydrogen-bond donors (Lipinski definition) is 2. The molecule has 3 rings (SSSR count). The van der Waals surface area contributed by atoms with E-state index < -0.39 is 15.1 Å². The Hall–Kier alpha value is -2.34. The van der Waals surface area contributed by atoms with Crippen LogP contribution < -0.4 is 5.32 Å². The molecule has 138 valence electrons. The average Bonchev–Trinajstić information content (AvgIpc) is 2.98. The second-order valence-electron chi connectivity index (χ2n) is 6.95. The van der Waals surface area contributed by atoms with Crippen LogP contribution >= 0.6 is 0 Å². The van der Waals surface area contributed by atoms with Crippen LogP contribution in [0.1, 0.15) is 25.3 Å². The zero-order valence-electron chi connectivity index (χ0n) is 14.6. The number of phenols is 1. The van der Waals surface area contributed by atoms with Crippen LogP contribution in [0.4, 0.5) is 0 Å². The van der Waals surface area contributed by atoms with Gasteiger partial charge in [-0.15, -0.1) is 0 Å². The number of phenolic OH excluding ortho intramolecular Hbond substituents is 1. The molecule has 0 aromatic heterocycles. The Kier molecular flexibility index (Phi) is 5.32. The first-order valence-corrected chi connectivity index (χ1v) is 10.3. The minimum Gasteiger partial charge on any atom is -0.508 e. The summed E-state index contributed by atoms with van der Waals surface area (Å²) in [7, 11) is -3.40. The van der Waals surface area contributed by atoms with E-state index in [1.165, 1.54) is 0 Å². The zero-order valence-corrected chi connectivity index (χ0v) is 15.4. The Morgan fingerprint density at radius 1 is 1.08 bits per heavy atom. The fraction of sp³-hybridized carbons (Fsp3) is 0.350. The summed E-state index contributed by atoms with van der Waals surface area (Å²) in [4.78, 5) is 12.6. The molecule has 0 heterocycles. The van der Waals surface area contributed by atoms with Gasteiger partial charge < -0.3 is 10.4 Å². The summed E-state index contributed by atoms with van der Waals surface area (Å²) >= 11 is 0. The molecular weight excluding hydrogens is 350 g/mol. The molecular formula is C20H23NO4S. The predicted octanol–water partition coefficient (Wildman–Crippen LogP) is 2.69. The van der Waals surface area contributed by atoms with Gasteiger partial charge in [-0.05, 0) is 48.6 Å². The molecule has 0 aliphatic heterocycles. The van der Waals surface area contributed by atoms with Crippen LogP contribution in [0, 0.1) is 5.92 Å². The molecule has 0 bridgehead atoms. The Morgan fingerprint density at radius 3 is 2.38 bits per heavy atom. The molecule has 2 aromatic rings. The topological polar surface area (TPSA) is 83.5 Å². The Morgan fingerprint density at radius 2 is 1.73 bits per heavy atom. The van der Waals surface area contributed by atoms with E-state index in [-0.39, 0.29) is 30.0 Å². The highest BCUT2D eigenvalue weighted by Crippen LogP contribution is 2.34. The van der Waals surface area contributed by atoms with Gasteiger partial charge in [0.05, 0.1) is 16.6 Å². The largest absolute Gasteiger partial charge is 0.508 e. The van der Waals surface area contributed by atoms with E-state index in [0.717, 1.165) is 5.56 Å². The van der Waals surface area contributed by atoms with E-state index in [1.807, 2.05) is 6.92 Å². The lowest BCUT2D eigenvalue weighted by molar-refractivity contribution is -0.121. The Bertz CT molecular complexity index is 862. The quantitative estimate of drug-likeness (QED) is 0.844. The number of carbonyl (C=O) groups excluding carboxylic acids is 1. The van der Waals surface area contributed by atoms with Gasteiger partial charge in [-0.1, -0.05) is 37.3 Å². The summed E-state index contributed by atoms with van der Waals surface area (Å²) in [6, 6.07) is 14.8. The number of benzene rings is 2. The monoisotopic (exact) mass is 373 g/mol. The van der Waals surface area contributed by atoms with Gasteiger partial charge in [0.15, 0.2) is 9.84 Å². The molecule has 2 N–H and O–H groups in total. The van der Waals surface area contributed by atoms with E-state index in [9.17, 15) is 18.3 Å². The fourth-order valence-electron chi connectivity index (χ4n) is 3.62. The standard InChI is InChI=1S/C20H23NO4S/c1-14-11-16(21-20(23)12-15-7-9-17(22)10-8-15)13-19(14)26(24,25)18-5-3-2-4-6-18/h2-10,14,16,19,22H,11-13H2,1H3,(H,21,23)/t14-,16+,19?/m1/s1. The van der Waals surface area contributed by atoms with Crippen LogP contribution in [0.25, 0.3) is 0 Å². The third-order valence-electron chi connectivity index (χ3n) is 4.94. The lowest BCUT2D eigenvalue weighted by atomic mass is 10.1. The highest BCUT2D eigenvalue weighted by atomic mass is 32.2. The van der Waals surface area contributed by atoms with Gasteiger partial charge in [0, 0.05) is 6.04 Å². The van der Waals surface area contributed by atoms with Crippen molar-refractivity contribution in [2.75, 3.05) is 0 Å². The number of aromatic hydroxyl groups is 1. The SMILES string of the molecule is C[C@@H]1C[C@H](NC(=O)Cc2ccc(O)cc2)CC1S(=O)(=O)c1ccccc1. The average molecular weight is 373 g/mol. The lowest BCUT2D eigenvalue weighted by Crippen LogP contribution is -2.35. The molecule has 1 saturated carbocycles. The van der Waals surface area contributed by atoms with Crippen molar-refractivity contribution < 1.29 is 18.3 Å². The van der Waals surface area contributed by atoms with Crippen molar-refractivity contribution in [3.05, 3.63) is 60.2 Å². The van der Waals surface area contributed by atoms with Crippen LogP contribution in [-0.2, 0) is 21.1 Å². The number of carbonyl (C=O) groups is 1. The van der Waals surface area contributed by atoms with Crippen LogP contribution in [0.15, 0.2) is 59.5 Å². The second-order valence-corrected chi connectivity index (χ2v) is 9.12. The van der Waals surface area contributed by atoms with Crippen molar-refractivity contribution in [2.45, 2.75) is 42.4 Å². The van der Waals surface area contributed by atoms with Crippen molar-refractivity contribution in [3.8, 4) is 5.75 Å².